The maximum atomic E-state index is 9.82. The molecule has 0 spiro atoms. The zero-order valence-corrected chi connectivity index (χ0v) is 3.79. The number of nitrogens with two attached hydrogens (primary N) is 1. The Kier molecular flexibility index (Phi) is 2.68. The first-order chi connectivity index (χ1) is 3.27. The van der Waals surface area contributed by atoms with Crippen LogP contribution in [0.4, 0.5) is 0 Å². The Balaban J connectivity index is 3.46. The lowest BCUT2D eigenvalue weighted by molar-refractivity contribution is -0.113. The van der Waals surface area contributed by atoms with Crippen LogP contribution in [0.3, 0.4) is 0 Å². The maximum absolute atomic E-state index is 9.82. The topological polar surface area (TPSA) is 43.1 Å². The third-order valence-electron chi connectivity index (χ3n) is 0.372. The summed E-state index contributed by atoms with van der Waals surface area (Å²) in [6.45, 7) is 4.86. The molecule has 7 heavy (non-hydrogen) atoms. The van der Waals surface area contributed by atoms with Crippen LogP contribution in [0.25, 0.3) is 0 Å². The lowest BCUT2D eigenvalue weighted by Gasteiger charge is -1.71. The maximum Gasteiger partial charge on any atom is 0.241 e. The molecule has 0 rings (SSSR count). The molecule has 1 radical (unpaired) electrons. The van der Waals surface area contributed by atoms with Crippen LogP contribution >= 0.6 is 0 Å². The first kappa shape index (κ1) is 5.95. The summed E-state index contributed by atoms with van der Waals surface area (Å²) >= 11 is 0. The Labute approximate surface area is 42.3 Å². The van der Waals surface area contributed by atoms with E-state index in [1.165, 1.54) is 18.2 Å². The van der Waals surface area contributed by atoms with Crippen LogP contribution in [0.2, 0.25) is 0 Å². The molecule has 0 aromatic heterocycles. The van der Waals surface area contributed by atoms with Crippen LogP contribution in [-0.4, -0.2) is 5.91 Å². The van der Waals surface area contributed by atoms with Gasteiger partial charge in [-0.25, -0.2) is 0 Å². The second kappa shape index (κ2) is 3.15. The molecule has 0 aliphatic rings. The average molecular weight is 96.1 g/mol. The van der Waals surface area contributed by atoms with Crippen molar-refractivity contribution in [3.05, 3.63) is 24.8 Å². The molecule has 0 aromatic rings. The van der Waals surface area contributed by atoms with Gasteiger partial charge in [0, 0.05) is 6.08 Å². The number of hydrogen-bond acceptors (Lipinski definition) is 1. The van der Waals surface area contributed by atoms with Crippen LogP contribution in [0, 0.1) is 6.58 Å². The van der Waals surface area contributed by atoms with E-state index in [9.17, 15) is 4.79 Å². The Morgan fingerprint density at radius 2 is 2.29 bits per heavy atom. The van der Waals surface area contributed by atoms with Gasteiger partial charge >= 0.3 is 0 Å². The number of carbonyl (C=O) groups excluding carboxylic acids is 1. The SMILES string of the molecule is [CH]=C/C=C/C(N)=O. The number of primary amides is 1. The van der Waals surface area contributed by atoms with Crippen molar-refractivity contribution in [3.8, 4) is 0 Å². The second-order valence-corrected chi connectivity index (χ2v) is 0.954. The Morgan fingerprint density at radius 1 is 1.71 bits per heavy atom. The Morgan fingerprint density at radius 3 is 2.43 bits per heavy atom. The average Bonchev–Trinajstić information content (AvgIpc) is 1.61. The first-order valence-corrected chi connectivity index (χ1v) is 1.78. The van der Waals surface area contributed by atoms with E-state index in [0.29, 0.717) is 0 Å². The molecule has 0 aliphatic carbocycles. The molecule has 0 aliphatic heterocycles. The molecule has 0 atom stereocenters. The zero-order valence-electron chi connectivity index (χ0n) is 3.79. The number of carbonyl (C=O) groups is 1. The Bertz CT molecular complexity index is 105. The van der Waals surface area contributed by atoms with Crippen molar-refractivity contribution >= 4 is 5.91 Å². The molecule has 0 heterocycles. The van der Waals surface area contributed by atoms with Gasteiger partial charge < -0.3 is 5.73 Å². The summed E-state index contributed by atoms with van der Waals surface area (Å²) in [6.07, 6.45) is 3.80. The third kappa shape index (κ3) is 4.95. The summed E-state index contributed by atoms with van der Waals surface area (Å²) in [5.74, 6) is -0.485. The predicted molar refractivity (Wildman–Crippen MR) is 27.2 cm³/mol. The van der Waals surface area contributed by atoms with E-state index >= 15 is 0 Å². The molecule has 0 aromatic carbocycles. The van der Waals surface area contributed by atoms with Crippen LogP contribution < -0.4 is 5.73 Å². The number of allylic oxidation sites excluding steroid dienone is 2. The highest BCUT2D eigenvalue weighted by molar-refractivity contribution is 5.85. The highest BCUT2D eigenvalue weighted by Gasteiger charge is 1.74. The highest BCUT2D eigenvalue weighted by Crippen LogP contribution is 1.67. The lowest BCUT2D eigenvalue weighted by Crippen LogP contribution is -2.04. The van der Waals surface area contributed by atoms with Crippen molar-refractivity contribution in [2.24, 2.45) is 5.73 Å². The minimum absolute atomic E-state index is 0.485. The Hall–Kier alpha value is -1.05. The van der Waals surface area contributed by atoms with Crippen LogP contribution in [0.15, 0.2) is 18.2 Å². The molecular weight excluding hydrogens is 90.1 g/mol. The highest BCUT2D eigenvalue weighted by atomic mass is 16.1. The number of rotatable bonds is 2. The number of hydrogen-bond donors (Lipinski definition) is 1. The molecule has 1 amide bonds. The minimum Gasteiger partial charge on any atom is -0.366 e. The van der Waals surface area contributed by atoms with Crippen molar-refractivity contribution in [1.29, 1.82) is 0 Å². The fourth-order valence-corrected chi connectivity index (χ4v) is 0.150. The first-order valence-electron chi connectivity index (χ1n) is 1.78. The molecule has 0 unspecified atom stereocenters. The molecule has 0 fully saturated rings. The zero-order chi connectivity index (χ0) is 5.70. The van der Waals surface area contributed by atoms with E-state index in [1.807, 2.05) is 0 Å². The van der Waals surface area contributed by atoms with Gasteiger partial charge in [0.2, 0.25) is 5.91 Å². The summed E-state index contributed by atoms with van der Waals surface area (Å²) in [5, 5.41) is 0. The van der Waals surface area contributed by atoms with Gasteiger partial charge in [-0.05, 0) is 0 Å². The van der Waals surface area contributed by atoms with E-state index in [-0.39, 0.29) is 0 Å². The van der Waals surface area contributed by atoms with E-state index in [0.717, 1.165) is 0 Å². The molecule has 0 bridgehead atoms. The second-order valence-electron chi connectivity index (χ2n) is 0.954. The quantitative estimate of drug-likeness (QED) is 0.382. The van der Waals surface area contributed by atoms with Gasteiger partial charge in [-0.15, -0.1) is 0 Å². The monoisotopic (exact) mass is 96.0 g/mol. The van der Waals surface area contributed by atoms with Crippen LogP contribution in [-0.2, 0) is 4.79 Å². The summed E-state index contributed by atoms with van der Waals surface area (Å²) < 4.78 is 0. The molecule has 2 heteroatoms. The molecular formula is C5H6NO. The fourth-order valence-electron chi connectivity index (χ4n) is 0.150. The van der Waals surface area contributed by atoms with Crippen LogP contribution in [0.5, 0.6) is 0 Å². The molecule has 37 valence electrons. The summed E-state index contributed by atoms with van der Waals surface area (Å²) in [5.41, 5.74) is 4.68. The molecule has 2 N–H and O–H groups in total. The van der Waals surface area contributed by atoms with E-state index < -0.39 is 5.91 Å². The standard InChI is InChI=1S/C5H6NO/c1-2-3-4-5(6)7/h1-4H,(H2,6,7)/b2-1?,4-3+. The van der Waals surface area contributed by atoms with E-state index in [4.69, 9.17) is 6.58 Å². The van der Waals surface area contributed by atoms with Gasteiger partial charge in [-0.3, -0.25) is 4.79 Å². The number of amides is 1. The van der Waals surface area contributed by atoms with Gasteiger partial charge in [-0.1, -0.05) is 18.7 Å². The molecule has 0 saturated heterocycles. The van der Waals surface area contributed by atoms with E-state index in [2.05, 4.69) is 5.73 Å². The third-order valence-corrected chi connectivity index (χ3v) is 0.372. The van der Waals surface area contributed by atoms with Crippen molar-refractivity contribution < 1.29 is 4.79 Å². The fraction of sp³-hybridized carbons (Fsp3) is 0. The van der Waals surface area contributed by atoms with Gasteiger partial charge in [0.05, 0.1) is 0 Å². The van der Waals surface area contributed by atoms with Crippen molar-refractivity contribution in [2.45, 2.75) is 0 Å². The van der Waals surface area contributed by atoms with Gasteiger partial charge in [0.25, 0.3) is 0 Å². The van der Waals surface area contributed by atoms with Gasteiger partial charge in [0.15, 0.2) is 0 Å². The van der Waals surface area contributed by atoms with Crippen molar-refractivity contribution in [3.63, 3.8) is 0 Å². The summed E-state index contributed by atoms with van der Waals surface area (Å²) in [4.78, 5) is 9.82. The summed E-state index contributed by atoms with van der Waals surface area (Å²) in [6, 6.07) is 0. The smallest absolute Gasteiger partial charge is 0.241 e. The molecule has 0 saturated carbocycles. The lowest BCUT2D eigenvalue weighted by atomic mass is 10.5. The summed E-state index contributed by atoms with van der Waals surface area (Å²) in [7, 11) is 0. The van der Waals surface area contributed by atoms with E-state index in [1.54, 1.807) is 0 Å². The minimum atomic E-state index is -0.485. The normalized spacial score (nSPS) is 9.14. The largest absolute Gasteiger partial charge is 0.366 e. The van der Waals surface area contributed by atoms with Gasteiger partial charge in [-0.2, -0.15) is 0 Å². The van der Waals surface area contributed by atoms with Crippen molar-refractivity contribution in [2.75, 3.05) is 0 Å². The van der Waals surface area contributed by atoms with Crippen LogP contribution in [0.1, 0.15) is 0 Å². The molecule has 2 nitrogen and oxygen atoms in total. The predicted octanol–water partition coefficient (Wildman–Crippen LogP) is 0.0171. The van der Waals surface area contributed by atoms with Gasteiger partial charge in [0.1, 0.15) is 0 Å². The van der Waals surface area contributed by atoms with Crippen molar-refractivity contribution in [1.82, 2.24) is 0 Å².